The van der Waals surface area contributed by atoms with Crippen LogP contribution in [-0.4, -0.2) is 47.7 Å². The van der Waals surface area contributed by atoms with E-state index in [4.69, 9.17) is 9.84 Å². The summed E-state index contributed by atoms with van der Waals surface area (Å²) in [4.78, 5) is 10.2. The van der Waals surface area contributed by atoms with E-state index in [1.54, 1.807) is 19.2 Å². The Kier molecular flexibility index (Phi) is 6.28. The molecule has 3 nitrogen and oxygen atoms in total. The van der Waals surface area contributed by atoms with Crippen LogP contribution in [0.2, 0.25) is 0 Å². The van der Waals surface area contributed by atoms with Gasteiger partial charge >= 0.3 is 35.5 Å². The first-order valence-corrected chi connectivity index (χ1v) is 3.78. The average molecular weight is 202 g/mol. The van der Waals surface area contributed by atoms with Gasteiger partial charge in [0.2, 0.25) is 0 Å². The SMILES string of the molecule is COc1ccccc1/C=C/C(=O)O.[NaH]. The van der Waals surface area contributed by atoms with Crippen molar-refractivity contribution >= 4 is 41.6 Å². The summed E-state index contributed by atoms with van der Waals surface area (Å²) in [6, 6.07) is 7.22. The van der Waals surface area contributed by atoms with Crippen LogP contribution in [-0.2, 0) is 4.79 Å². The van der Waals surface area contributed by atoms with Gasteiger partial charge in [-0.2, -0.15) is 0 Å². The van der Waals surface area contributed by atoms with Crippen LogP contribution in [0.5, 0.6) is 5.75 Å². The molecule has 0 amide bonds. The molecule has 1 rings (SSSR count). The first-order chi connectivity index (χ1) is 6.24. The molecule has 70 valence electrons. The zero-order valence-electron chi connectivity index (χ0n) is 7.23. The van der Waals surface area contributed by atoms with Crippen LogP contribution in [0.15, 0.2) is 30.3 Å². The van der Waals surface area contributed by atoms with Crippen molar-refractivity contribution in [1.29, 1.82) is 0 Å². The molecule has 14 heavy (non-hydrogen) atoms. The predicted molar refractivity (Wildman–Crippen MR) is 56.8 cm³/mol. The van der Waals surface area contributed by atoms with Crippen LogP contribution >= 0.6 is 0 Å². The first kappa shape index (κ1) is 13.2. The molecular formula is C10H11NaO3. The Morgan fingerprint density at radius 2 is 2.07 bits per heavy atom. The van der Waals surface area contributed by atoms with Crippen molar-refractivity contribution in [3.05, 3.63) is 35.9 Å². The third kappa shape index (κ3) is 3.96. The number of aliphatic carboxylic acids is 1. The third-order valence-electron chi connectivity index (χ3n) is 1.54. The average Bonchev–Trinajstić information content (AvgIpc) is 2.15. The Morgan fingerprint density at radius 1 is 1.43 bits per heavy atom. The number of rotatable bonds is 3. The molecule has 1 aromatic rings. The van der Waals surface area contributed by atoms with E-state index in [0.29, 0.717) is 5.75 Å². The van der Waals surface area contributed by atoms with Crippen molar-refractivity contribution in [3.63, 3.8) is 0 Å². The molecular weight excluding hydrogens is 191 g/mol. The zero-order valence-corrected chi connectivity index (χ0v) is 7.23. The molecule has 0 aromatic heterocycles. The van der Waals surface area contributed by atoms with Gasteiger partial charge in [0, 0.05) is 11.6 Å². The monoisotopic (exact) mass is 202 g/mol. The minimum absolute atomic E-state index is 0. The van der Waals surface area contributed by atoms with E-state index >= 15 is 0 Å². The first-order valence-electron chi connectivity index (χ1n) is 3.78. The van der Waals surface area contributed by atoms with Crippen LogP contribution < -0.4 is 4.74 Å². The number of para-hydroxylation sites is 1. The van der Waals surface area contributed by atoms with Gasteiger partial charge in [-0.3, -0.25) is 0 Å². The molecule has 0 fully saturated rings. The Bertz CT molecular complexity index is 334. The number of carboxylic acids is 1. The van der Waals surface area contributed by atoms with E-state index in [-0.39, 0.29) is 29.6 Å². The summed E-state index contributed by atoms with van der Waals surface area (Å²) in [5, 5.41) is 8.41. The standard InChI is InChI=1S/C10H10O3.Na.H/c1-13-9-5-3-2-4-8(9)6-7-10(11)12;;/h2-7H,1H3,(H,11,12);;/b7-6+;;. The summed E-state index contributed by atoms with van der Waals surface area (Å²) < 4.78 is 5.03. The Morgan fingerprint density at radius 3 is 2.64 bits per heavy atom. The summed E-state index contributed by atoms with van der Waals surface area (Å²) in [6.07, 6.45) is 2.58. The number of methoxy groups -OCH3 is 1. The van der Waals surface area contributed by atoms with Crippen LogP contribution in [0.25, 0.3) is 6.08 Å². The van der Waals surface area contributed by atoms with Gasteiger partial charge in [0.25, 0.3) is 0 Å². The molecule has 0 aliphatic heterocycles. The van der Waals surface area contributed by atoms with Crippen molar-refractivity contribution in [1.82, 2.24) is 0 Å². The third-order valence-corrected chi connectivity index (χ3v) is 1.54. The van der Waals surface area contributed by atoms with Gasteiger partial charge in [-0.05, 0) is 12.1 Å². The second-order valence-electron chi connectivity index (χ2n) is 2.41. The van der Waals surface area contributed by atoms with Gasteiger partial charge in [0.15, 0.2) is 0 Å². The molecule has 0 saturated heterocycles. The van der Waals surface area contributed by atoms with Crippen molar-refractivity contribution in [2.45, 2.75) is 0 Å². The van der Waals surface area contributed by atoms with Crippen LogP contribution in [0.3, 0.4) is 0 Å². The number of hydrogen-bond acceptors (Lipinski definition) is 2. The Balaban J connectivity index is 0.00000169. The Hall–Kier alpha value is -0.770. The summed E-state index contributed by atoms with van der Waals surface area (Å²) in [6.45, 7) is 0. The van der Waals surface area contributed by atoms with Crippen LogP contribution in [0, 0.1) is 0 Å². The number of hydrogen-bond donors (Lipinski definition) is 1. The van der Waals surface area contributed by atoms with E-state index in [1.807, 2.05) is 12.1 Å². The molecule has 0 bridgehead atoms. The topological polar surface area (TPSA) is 46.5 Å². The van der Waals surface area contributed by atoms with E-state index in [9.17, 15) is 4.79 Å². The summed E-state index contributed by atoms with van der Waals surface area (Å²) >= 11 is 0. The van der Waals surface area contributed by atoms with E-state index in [2.05, 4.69) is 0 Å². The van der Waals surface area contributed by atoms with Crippen LogP contribution in [0.4, 0.5) is 0 Å². The molecule has 1 aromatic carbocycles. The maximum absolute atomic E-state index is 10.2. The molecule has 0 spiro atoms. The normalized spacial score (nSPS) is 9.50. The van der Waals surface area contributed by atoms with Crippen LogP contribution in [0.1, 0.15) is 5.56 Å². The number of carboxylic acid groups (broad SMARTS) is 1. The predicted octanol–water partition coefficient (Wildman–Crippen LogP) is 1.14. The van der Waals surface area contributed by atoms with Gasteiger partial charge in [0.05, 0.1) is 7.11 Å². The minimum atomic E-state index is -0.967. The van der Waals surface area contributed by atoms with E-state index in [0.717, 1.165) is 11.6 Å². The summed E-state index contributed by atoms with van der Waals surface area (Å²) in [5.74, 6) is -0.300. The molecule has 1 N–H and O–H groups in total. The van der Waals surface area contributed by atoms with Crippen molar-refractivity contribution in [3.8, 4) is 5.75 Å². The van der Waals surface area contributed by atoms with Gasteiger partial charge in [0.1, 0.15) is 5.75 Å². The number of benzene rings is 1. The number of carbonyl (C=O) groups is 1. The fraction of sp³-hybridized carbons (Fsp3) is 0.100. The van der Waals surface area contributed by atoms with Crippen molar-refractivity contribution in [2.24, 2.45) is 0 Å². The van der Waals surface area contributed by atoms with Gasteiger partial charge < -0.3 is 9.84 Å². The second-order valence-corrected chi connectivity index (χ2v) is 2.41. The second kappa shape index (κ2) is 6.65. The molecule has 0 radical (unpaired) electrons. The summed E-state index contributed by atoms with van der Waals surface area (Å²) in [5.41, 5.74) is 0.757. The fourth-order valence-electron chi connectivity index (χ4n) is 0.965. The maximum atomic E-state index is 10.2. The fourth-order valence-corrected chi connectivity index (χ4v) is 0.965. The molecule has 0 unspecified atom stereocenters. The molecule has 0 atom stereocenters. The molecule has 0 heterocycles. The van der Waals surface area contributed by atoms with E-state index in [1.165, 1.54) is 6.08 Å². The van der Waals surface area contributed by atoms with Gasteiger partial charge in [-0.15, -0.1) is 0 Å². The van der Waals surface area contributed by atoms with E-state index < -0.39 is 5.97 Å². The zero-order chi connectivity index (χ0) is 9.68. The van der Waals surface area contributed by atoms with Gasteiger partial charge in [-0.25, -0.2) is 4.79 Å². The van der Waals surface area contributed by atoms with Crippen molar-refractivity contribution < 1.29 is 14.6 Å². The van der Waals surface area contributed by atoms with Crippen molar-refractivity contribution in [2.75, 3.05) is 7.11 Å². The molecule has 0 aliphatic rings. The van der Waals surface area contributed by atoms with Gasteiger partial charge in [-0.1, -0.05) is 18.2 Å². The number of ether oxygens (including phenoxy) is 1. The molecule has 0 aliphatic carbocycles. The molecule has 4 heteroatoms. The quantitative estimate of drug-likeness (QED) is 0.590. The summed E-state index contributed by atoms with van der Waals surface area (Å²) in [7, 11) is 1.55. The molecule has 0 saturated carbocycles. The Labute approximate surface area is 105 Å².